The molecule has 0 aromatic rings. The summed E-state index contributed by atoms with van der Waals surface area (Å²) in [6.45, 7) is 29.2. The summed E-state index contributed by atoms with van der Waals surface area (Å²) in [7, 11) is 0. The normalized spacial score (nSPS) is 14.1. The monoisotopic (exact) mass is 670 g/mol. The van der Waals surface area contributed by atoms with Crippen LogP contribution in [0.5, 0.6) is 0 Å². The van der Waals surface area contributed by atoms with Crippen molar-refractivity contribution in [2.75, 3.05) is 26.3 Å². The second-order valence-electron chi connectivity index (χ2n) is 17.9. The predicted octanol–water partition coefficient (Wildman–Crippen LogP) is 6.44. The topological polar surface area (TPSA) is 143 Å². The number of ether oxygens (including phenoxy) is 2. The minimum atomic E-state index is -0.868. The number of carboxylic acids is 1. The molecule has 0 saturated heterocycles. The number of hydrogen-bond acceptors (Lipinski definition) is 7. The molecule has 0 heterocycles. The van der Waals surface area contributed by atoms with Crippen molar-refractivity contribution in [3.8, 4) is 0 Å². The van der Waals surface area contributed by atoms with Crippen LogP contribution in [0, 0.1) is 16.2 Å². The number of Topliss-reactive ketones (excluding diaryl/α,β-unsaturated/α-hetero) is 1. The largest absolute Gasteiger partial charge is 0.481 e. The number of rotatable bonds is 23. The third-order valence-corrected chi connectivity index (χ3v) is 8.10. The minimum Gasteiger partial charge on any atom is -0.481 e. The number of carbonyl (C=O) groups excluding carboxylic acids is 3. The Labute approximate surface area is 286 Å². The fraction of sp³-hybridized carbons (Fsp3) is 0.892. The van der Waals surface area contributed by atoms with Crippen LogP contribution in [0.25, 0.3) is 0 Å². The van der Waals surface area contributed by atoms with E-state index in [0.29, 0.717) is 52.0 Å². The summed E-state index contributed by atoms with van der Waals surface area (Å²) in [4.78, 5) is 49.3. The van der Waals surface area contributed by atoms with E-state index in [4.69, 9.17) is 14.6 Å². The van der Waals surface area contributed by atoms with Crippen LogP contribution in [0.3, 0.4) is 0 Å². The minimum absolute atomic E-state index is 0.00357. The first-order chi connectivity index (χ1) is 21.1. The maximum atomic E-state index is 12.9. The van der Waals surface area contributed by atoms with Crippen LogP contribution in [0.1, 0.15) is 148 Å². The van der Waals surface area contributed by atoms with Crippen LogP contribution in [0.15, 0.2) is 0 Å². The summed E-state index contributed by atoms with van der Waals surface area (Å²) in [6, 6.07) is -0.201. The van der Waals surface area contributed by atoms with Crippen LogP contribution < -0.4 is 16.0 Å². The molecule has 0 aromatic carbocycles. The van der Waals surface area contributed by atoms with Crippen molar-refractivity contribution in [3.05, 3.63) is 0 Å². The molecule has 47 heavy (non-hydrogen) atoms. The molecule has 10 heteroatoms. The van der Waals surface area contributed by atoms with Gasteiger partial charge in [0.1, 0.15) is 0 Å². The van der Waals surface area contributed by atoms with Crippen LogP contribution in [-0.2, 0) is 28.7 Å². The van der Waals surface area contributed by atoms with Crippen LogP contribution >= 0.6 is 0 Å². The summed E-state index contributed by atoms with van der Waals surface area (Å²) < 4.78 is 12.2. The highest BCUT2D eigenvalue weighted by Gasteiger charge is 2.36. The fourth-order valence-corrected chi connectivity index (χ4v) is 5.72. The first kappa shape index (κ1) is 45.0. The average molecular weight is 670 g/mol. The maximum Gasteiger partial charge on any atom is 0.303 e. The molecule has 0 bridgehead atoms. The van der Waals surface area contributed by atoms with E-state index in [1.54, 1.807) is 0 Å². The van der Waals surface area contributed by atoms with Gasteiger partial charge in [-0.05, 0) is 92.4 Å². The number of carboxylic acid groups (broad SMARTS) is 1. The van der Waals surface area contributed by atoms with E-state index >= 15 is 0 Å². The molecule has 0 aromatic heterocycles. The van der Waals surface area contributed by atoms with E-state index < -0.39 is 33.4 Å². The average Bonchev–Trinajstić information content (AvgIpc) is 2.85. The molecular weight excluding hydrogens is 598 g/mol. The summed E-state index contributed by atoms with van der Waals surface area (Å²) in [5, 5.41) is 18.5. The van der Waals surface area contributed by atoms with Crippen molar-refractivity contribution in [2.45, 2.75) is 171 Å². The van der Waals surface area contributed by atoms with E-state index in [9.17, 15) is 19.2 Å². The quantitative estimate of drug-likeness (QED) is 0.0911. The lowest BCUT2D eigenvalue weighted by Crippen LogP contribution is -2.50. The Morgan fingerprint density at radius 3 is 1.79 bits per heavy atom. The molecule has 1 atom stereocenters. The molecule has 0 aliphatic heterocycles. The highest BCUT2D eigenvalue weighted by Crippen LogP contribution is 2.36. The number of aliphatic carboxylic acids is 1. The SMILES string of the molecule is CC(C)(CC(=O)O)CC(C)(C)C(=O)NCCOC(C)(C)CCOC(C)(C)CCC(=O)NCCCC[C@H](NC(C)(C)C)C(=O)C(C)(C)C. The zero-order valence-corrected chi connectivity index (χ0v) is 32.5. The van der Waals surface area contributed by atoms with Gasteiger partial charge in [0.05, 0.1) is 36.9 Å². The van der Waals surface area contributed by atoms with Crippen LogP contribution in [0.2, 0.25) is 0 Å². The molecular formula is C37H71N3O7. The molecule has 0 radical (unpaired) electrons. The van der Waals surface area contributed by atoms with Gasteiger partial charge in [0.25, 0.3) is 0 Å². The summed E-state index contributed by atoms with van der Waals surface area (Å²) in [5.74, 6) is -0.779. The van der Waals surface area contributed by atoms with Gasteiger partial charge in [0, 0.05) is 35.9 Å². The Balaban J connectivity index is 4.42. The number of ketones is 1. The number of nitrogens with one attached hydrogen (secondary N) is 3. The zero-order chi connectivity index (χ0) is 36.9. The third kappa shape index (κ3) is 21.5. The fourth-order valence-electron chi connectivity index (χ4n) is 5.72. The number of carbonyl (C=O) groups is 4. The molecule has 2 amide bonds. The lowest BCUT2D eigenvalue weighted by molar-refractivity contribution is -0.141. The Kier molecular flexibility index (Phi) is 17.8. The summed E-state index contributed by atoms with van der Waals surface area (Å²) in [6.07, 6.45) is 4.46. The molecule has 10 nitrogen and oxygen atoms in total. The van der Waals surface area contributed by atoms with Crippen LogP contribution in [-0.4, -0.2) is 77.8 Å². The van der Waals surface area contributed by atoms with Gasteiger partial charge in [-0.25, -0.2) is 0 Å². The smallest absolute Gasteiger partial charge is 0.303 e. The van der Waals surface area contributed by atoms with Gasteiger partial charge in [-0.2, -0.15) is 0 Å². The van der Waals surface area contributed by atoms with E-state index in [1.807, 2.05) is 76.2 Å². The van der Waals surface area contributed by atoms with Gasteiger partial charge in [0.2, 0.25) is 11.8 Å². The lowest BCUT2D eigenvalue weighted by Gasteiger charge is -2.33. The van der Waals surface area contributed by atoms with Crippen molar-refractivity contribution < 1.29 is 33.8 Å². The first-order valence-electron chi connectivity index (χ1n) is 17.4. The van der Waals surface area contributed by atoms with Gasteiger partial charge < -0.3 is 30.5 Å². The summed E-state index contributed by atoms with van der Waals surface area (Å²) >= 11 is 0. The van der Waals surface area contributed by atoms with Gasteiger partial charge >= 0.3 is 5.97 Å². The highest BCUT2D eigenvalue weighted by molar-refractivity contribution is 5.88. The first-order valence-corrected chi connectivity index (χ1v) is 17.4. The number of hydrogen-bond donors (Lipinski definition) is 4. The standard InChI is InChI=1S/C37H71N3O7/c1-32(2,3)30(44)27(40-33(4,5)6)17-15-16-21-38-28(41)18-19-36(11,12)46-23-20-37(13,14)47-24-22-39-31(45)35(9,10)26-34(7,8)25-29(42)43/h27,40H,15-26H2,1-14H3,(H,38,41)(H,39,45)(H,42,43)/t27-/m0/s1. The highest BCUT2D eigenvalue weighted by atomic mass is 16.5. The maximum absolute atomic E-state index is 12.9. The van der Waals surface area contributed by atoms with Crippen molar-refractivity contribution >= 4 is 23.6 Å². The van der Waals surface area contributed by atoms with E-state index in [0.717, 1.165) is 19.3 Å². The van der Waals surface area contributed by atoms with Crippen molar-refractivity contribution in [1.29, 1.82) is 0 Å². The van der Waals surface area contributed by atoms with Gasteiger partial charge in [0.15, 0.2) is 5.78 Å². The molecule has 0 unspecified atom stereocenters. The molecule has 0 aliphatic rings. The Morgan fingerprint density at radius 2 is 1.26 bits per heavy atom. The van der Waals surface area contributed by atoms with Gasteiger partial charge in [-0.15, -0.1) is 0 Å². The zero-order valence-electron chi connectivity index (χ0n) is 32.5. The van der Waals surface area contributed by atoms with Crippen molar-refractivity contribution in [1.82, 2.24) is 16.0 Å². The van der Waals surface area contributed by atoms with Crippen LogP contribution in [0.4, 0.5) is 0 Å². The third-order valence-electron chi connectivity index (χ3n) is 8.10. The predicted molar refractivity (Wildman–Crippen MR) is 189 cm³/mol. The molecule has 0 saturated carbocycles. The van der Waals surface area contributed by atoms with Crippen molar-refractivity contribution in [2.24, 2.45) is 16.2 Å². The molecule has 276 valence electrons. The van der Waals surface area contributed by atoms with E-state index in [2.05, 4.69) is 36.7 Å². The Morgan fingerprint density at radius 1 is 0.702 bits per heavy atom. The summed E-state index contributed by atoms with van der Waals surface area (Å²) in [5.41, 5.74) is -2.69. The van der Waals surface area contributed by atoms with Gasteiger partial charge in [-0.1, -0.05) is 48.5 Å². The molecule has 0 rings (SSSR count). The Hall–Kier alpha value is -2.04. The molecule has 4 N–H and O–H groups in total. The number of amides is 2. The molecule has 0 aliphatic carbocycles. The lowest BCUT2D eigenvalue weighted by atomic mass is 9.73. The van der Waals surface area contributed by atoms with Gasteiger partial charge in [-0.3, -0.25) is 19.2 Å². The van der Waals surface area contributed by atoms with E-state index in [-0.39, 0.29) is 35.6 Å². The second kappa shape index (κ2) is 18.6. The Bertz CT molecular complexity index is 1000. The molecule has 0 fully saturated rings. The van der Waals surface area contributed by atoms with Crippen molar-refractivity contribution in [3.63, 3.8) is 0 Å². The molecule has 0 spiro atoms. The van der Waals surface area contributed by atoms with E-state index in [1.165, 1.54) is 0 Å². The second-order valence-corrected chi connectivity index (χ2v) is 17.9. The number of unbranched alkanes of at least 4 members (excludes halogenated alkanes) is 1.